The Morgan fingerprint density at radius 1 is 0.857 bits per heavy atom. The van der Waals surface area contributed by atoms with E-state index in [4.69, 9.17) is 0 Å². The van der Waals surface area contributed by atoms with Crippen LogP contribution in [0, 0.1) is 0 Å². The van der Waals surface area contributed by atoms with Crippen molar-refractivity contribution in [2.75, 3.05) is 0 Å². The molecule has 0 amide bonds. The first-order valence-corrected chi connectivity index (χ1v) is 12.7. The van der Waals surface area contributed by atoms with Crippen molar-refractivity contribution < 1.29 is 16.6 Å². The summed E-state index contributed by atoms with van der Waals surface area (Å²) in [7, 11) is 0. The van der Waals surface area contributed by atoms with Crippen molar-refractivity contribution in [2.24, 2.45) is 0 Å². The van der Waals surface area contributed by atoms with Gasteiger partial charge in [-0.25, -0.2) is 0 Å². The van der Waals surface area contributed by atoms with Gasteiger partial charge in [0.15, 0.2) is 0 Å². The fraction of sp³-hybridized carbons (Fsp3) is 0.176. The molecule has 0 saturated heterocycles. The molecule has 4 heteroatoms. The van der Waals surface area contributed by atoms with Crippen molar-refractivity contribution in [3.63, 3.8) is 0 Å². The van der Waals surface area contributed by atoms with Gasteiger partial charge in [0, 0.05) is 0 Å². The van der Waals surface area contributed by atoms with Crippen LogP contribution >= 0.6 is 34.0 Å². The van der Waals surface area contributed by atoms with Gasteiger partial charge < -0.3 is 0 Å². The van der Waals surface area contributed by atoms with Crippen LogP contribution in [-0.2, 0) is 16.6 Å². The zero-order chi connectivity index (χ0) is 13.1. The first-order chi connectivity index (χ1) is 9.36. The molecule has 0 fully saturated rings. The van der Waals surface area contributed by atoms with Gasteiger partial charge in [-0.1, -0.05) is 0 Å². The summed E-state index contributed by atoms with van der Waals surface area (Å²) in [6.45, 7) is 2.54. The van der Waals surface area contributed by atoms with Crippen LogP contribution in [0.25, 0.3) is 0 Å². The Morgan fingerprint density at radius 3 is 1.81 bits per heavy atom. The number of hydrogen-bond acceptors (Lipinski definition) is 0. The van der Waals surface area contributed by atoms with Gasteiger partial charge in [-0.15, -0.1) is 34.0 Å². The first kappa shape index (κ1) is 19.1. The minimum absolute atomic E-state index is 0. The molecule has 2 aliphatic rings. The Kier molecular flexibility index (Phi) is 8.43. The predicted molar refractivity (Wildman–Crippen MR) is 102 cm³/mol. The third kappa shape index (κ3) is 4.52. The number of hydrogen-bond donors (Lipinski definition) is 0. The van der Waals surface area contributed by atoms with E-state index in [1.165, 1.54) is 12.8 Å². The van der Waals surface area contributed by atoms with Crippen LogP contribution in [0.4, 0.5) is 0 Å². The van der Waals surface area contributed by atoms with Crippen molar-refractivity contribution in [1.29, 1.82) is 0 Å². The van der Waals surface area contributed by atoms with Gasteiger partial charge in [0.25, 0.3) is 0 Å². The summed E-state index contributed by atoms with van der Waals surface area (Å²) >= 11 is -1.28. The third-order valence-electron chi connectivity index (χ3n) is 3.77. The molecule has 21 heavy (non-hydrogen) atoms. The second-order valence-electron chi connectivity index (χ2n) is 5.01. The average Bonchev–Trinajstić information content (AvgIpc) is 3.13. The average molecular weight is 460 g/mol. The third-order valence-corrected chi connectivity index (χ3v) is 16.4. The molecule has 0 nitrogen and oxygen atoms in total. The normalized spacial score (nSPS) is 14.9. The predicted octanol–water partition coefficient (Wildman–Crippen LogP) is 4.98. The molecule has 1 aromatic rings. The Labute approximate surface area is 154 Å². The number of allylic oxidation sites excluding steroid dienone is 8. The van der Waals surface area contributed by atoms with Crippen LogP contribution in [0.1, 0.15) is 12.8 Å². The van der Waals surface area contributed by atoms with Crippen LogP contribution < -0.4 is 5.19 Å². The Hall–Kier alpha value is 0.0712. The van der Waals surface area contributed by atoms with Gasteiger partial charge in [-0.05, 0) is 0 Å². The summed E-state index contributed by atoms with van der Waals surface area (Å²) in [6, 6.07) is 11.2. The van der Waals surface area contributed by atoms with Gasteiger partial charge in [0.2, 0.25) is 0 Å². The summed E-state index contributed by atoms with van der Waals surface area (Å²) in [6.07, 6.45) is 16.0. The molecule has 1 aromatic carbocycles. The molecule has 0 aliphatic heterocycles. The number of halogens is 2. The van der Waals surface area contributed by atoms with E-state index in [0.29, 0.717) is 0 Å². The second-order valence-corrected chi connectivity index (χ2v) is 15.6. The van der Waals surface area contributed by atoms with Crippen molar-refractivity contribution in [2.45, 2.75) is 19.4 Å². The van der Waals surface area contributed by atoms with Crippen LogP contribution in [0.3, 0.4) is 0 Å². The summed E-state index contributed by atoms with van der Waals surface area (Å²) in [4.78, 5) is 0. The van der Waals surface area contributed by atoms with E-state index in [0.717, 1.165) is 0 Å². The monoisotopic (exact) mass is 458 g/mol. The van der Waals surface area contributed by atoms with Gasteiger partial charge in [-0.3, -0.25) is 0 Å². The Balaban J connectivity index is 0.00000110. The van der Waals surface area contributed by atoms with Gasteiger partial charge in [0.05, 0.1) is 0 Å². The zero-order valence-corrected chi connectivity index (χ0v) is 18.1. The molecular weight excluding hydrogens is 440 g/mol. The quantitative estimate of drug-likeness (QED) is 0.559. The molecule has 0 spiro atoms. The minimum atomic E-state index is -1.28. The molecule has 0 radical (unpaired) electrons. The SMILES string of the molecule is Br.Br.C[Si](c1ccccc1)=[Ti]([C]1=CC=CC1)[C]1=CC=CC1. The molecule has 0 saturated carbocycles. The molecule has 0 aromatic heterocycles. The van der Waals surface area contributed by atoms with Crippen molar-refractivity contribution in [3.05, 3.63) is 74.5 Å². The van der Waals surface area contributed by atoms with Crippen LogP contribution in [0.2, 0.25) is 6.55 Å². The van der Waals surface area contributed by atoms with E-state index in [2.05, 4.69) is 73.3 Å². The molecular formula is C17H20Br2SiTi. The van der Waals surface area contributed by atoms with Crippen molar-refractivity contribution in [1.82, 2.24) is 0 Å². The summed E-state index contributed by atoms with van der Waals surface area (Å²) in [5.41, 5.74) is 0. The molecule has 0 atom stereocenters. The Bertz CT molecular complexity index is 608. The standard InChI is InChI=1S/C7H8Si.2C5H5.2BrH.Ti/c1-8-7-5-3-2-4-6-7;2*1-2-4-5-3-1;;;/h2-6H,1H3;2*1-3H,4H2;2*1H;. The molecule has 0 unspecified atom stereocenters. The fourth-order valence-electron chi connectivity index (χ4n) is 2.79. The van der Waals surface area contributed by atoms with Gasteiger partial charge in [0.1, 0.15) is 0 Å². The maximum absolute atomic E-state index is 2.54. The van der Waals surface area contributed by atoms with Gasteiger partial charge >= 0.3 is 122 Å². The summed E-state index contributed by atoms with van der Waals surface area (Å²) in [5, 5.41) is 1.61. The molecule has 0 heterocycles. The fourth-order valence-corrected chi connectivity index (χ4v) is 15.4. The number of rotatable bonds is 3. The molecule has 0 bridgehead atoms. The van der Waals surface area contributed by atoms with Crippen molar-refractivity contribution >= 4 is 45.3 Å². The zero-order valence-electron chi connectivity index (χ0n) is 12.1. The maximum atomic E-state index is 2.54. The number of benzene rings is 1. The summed E-state index contributed by atoms with van der Waals surface area (Å²) < 4.78 is 3.55. The molecule has 3 rings (SSSR count). The van der Waals surface area contributed by atoms with Crippen LogP contribution in [-0.4, -0.2) is 6.19 Å². The second kappa shape index (κ2) is 9.26. The molecule has 2 aliphatic carbocycles. The van der Waals surface area contributed by atoms with E-state index in [1.807, 2.05) is 0 Å². The van der Waals surface area contributed by atoms with Crippen molar-refractivity contribution in [3.8, 4) is 0 Å². The Morgan fingerprint density at radius 2 is 1.38 bits per heavy atom. The molecule has 0 N–H and O–H groups in total. The summed E-state index contributed by atoms with van der Waals surface area (Å²) in [5.74, 6) is 0. The first-order valence-electron chi connectivity index (χ1n) is 6.84. The van der Waals surface area contributed by atoms with E-state index < -0.39 is 22.8 Å². The van der Waals surface area contributed by atoms with E-state index in [9.17, 15) is 0 Å². The van der Waals surface area contributed by atoms with E-state index >= 15 is 0 Å². The van der Waals surface area contributed by atoms with Crippen LogP contribution in [0.5, 0.6) is 0 Å². The van der Waals surface area contributed by atoms with E-state index in [1.54, 1.807) is 12.9 Å². The van der Waals surface area contributed by atoms with Gasteiger partial charge in [-0.2, -0.15) is 0 Å². The van der Waals surface area contributed by atoms with E-state index in [-0.39, 0.29) is 34.0 Å². The molecule has 110 valence electrons. The topological polar surface area (TPSA) is 0 Å². The van der Waals surface area contributed by atoms with Crippen LogP contribution in [0.15, 0.2) is 74.5 Å².